The van der Waals surface area contributed by atoms with Crippen LogP contribution in [0.5, 0.6) is 0 Å². The lowest BCUT2D eigenvalue weighted by molar-refractivity contribution is -0.384. The van der Waals surface area contributed by atoms with Crippen molar-refractivity contribution in [2.24, 2.45) is 0 Å². The first-order valence-corrected chi connectivity index (χ1v) is 8.77. The van der Waals surface area contributed by atoms with E-state index >= 15 is 0 Å². The van der Waals surface area contributed by atoms with Crippen molar-refractivity contribution in [3.05, 3.63) is 81.2 Å². The number of sulfonamides is 1. The van der Waals surface area contributed by atoms with Gasteiger partial charge in [0.15, 0.2) is 0 Å². The summed E-state index contributed by atoms with van der Waals surface area (Å²) in [5.41, 5.74) is 1.27. The van der Waals surface area contributed by atoms with Crippen molar-refractivity contribution < 1.29 is 13.3 Å². The molecule has 7 heteroatoms. The molecule has 2 aromatic carbocycles. The van der Waals surface area contributed by atoms with Crippen molar-refractivity contribution in [1.82, 2.24) is 4.31 Å². The molecule has 0 aromatic heterocycles. The van der Waals surface area contributed by atoms with Crippen LogP contribution in [0.25, 0.3) is 6.08 Å². The molecule has 1 unspecified atom stereocenters. The Labute approximate surface area is 141 Å². The smallest absolute Gasteiger partial charge is 0.258 e. The number of benzene rings is 2. The third-order valence-corrected chi connectivity index (χ3v) is 5.34. The van der Waals surface area contributed by atoms with E-state index in [9.17, 15) is 18.5 Å². The van der Waals surface area contributed by atoms with Gasteiger partial charge < -0.3 is 0 Å². The van der Waals surface area contributed by atoms with Gasteiger partial charge in [0, 0.05) is 30.6 Å². The Hall–Kier alpha value is -2.51. The monoisotopic (exact) mass is 346 g/mol. The van der Waals surface area contributed by atoms with Crippen LogP contribution in [0.3, 0.4) is 0 Å². The highest BCUT2D eigenvalue weighted by Crippen LogP contribution is 2.25. The van der Waals surface area contributed by atoms with Crippen molar-refractivity contribution in [3.8, 4) is 0 Å². The van der Waals surface area contributed by atoms with Gasteiger partial charge in [0.25, 0.3) is 5.69 Å². The summed E-state index contributed by atoms with van der Waals surface area (Å²) < 4.78 is 26.1. The van der Waals surface area contributed by atoms with Gasteiger partial charge in [0.1, 0.15) is 0 Å². The summed E-state index contributed by atoms with van der Waals surface area (Å²) in [6.45, 7) is 1.69. The zero-order valence-corrected chi connectivity index (χ0v) is 14.2. The van der Waals surface area contributed by atoms with Crippen LogP contribution in [-0.2, 0) is 10.0 Å². The number of hydrogen-bond donors (Lipinski definition) is 0. The average molecular weight is 346 g/mol. The van der Waals surface area contributed by atoms with E-state index < -0.39 is 21.0 Å². The molecule has 0 amide bonds. The zero-order chi connectivity index (χ0) is 17.7. The van der Waals surface area contributed by atoms with Crippen LogP contribution in [0.15, 0.2) is 60.0 Å². The first-order valence-electron chi connectivity index (χ1n) is 7.27. The van der Waals surface area contributed by atoms with Gasteiger partial charge in [-0.15, -0.1) is 0 Å². The van der Waals surface area contributed by atoms with Gasteiger partial charge in [0.05, 0.1) is 4.92 Å². The lowest BCUT2D eigenvalue weighted by Crippen LogP contribution is -2.28. The van der Waals surface area contributed by atoms with Crippen molar-refractivity contribution in [2.75, 3.05) is 7.05 Å². The molecule has 2 rings (SSSR count). The highest BCUT2D eigenvalue weighted by Gasteiger charge is 2.23. The predicted molar refractivity (Wildman–Crippen MR) is 93.7 cm³/mol. The normalized spacial score (nSPS) is 13.3. The van der Waals surface area contributed by atoms with Gasteiger partial charge >= 0.3 is 0 Å². The Morgan fingerprint density at radius 2 is 1.79 bits per heavy atom. The van der Waals surface area contributed by atoms with Crippen molar-refractivity contribution in [3.63, 3.8) is 0 Å². The number of hydrogen-bond acceptors (Lipinski definition) is 4. The van der Waals surface area contributed by atoms with Gasteiger partial charge in [-0.2, -0.15) is 4.31 Å². The number of nitro benzene ring substituents is 1. The van der Waals surface area contributed by atoms with E-state index in [0.29, 0.717) is 5.56 Å². The lowest BCUT2D eigenvalue weighted by atomic mass is 10.1. The maximum Gasteiger partial charge on any atom is 0.269 e. The Morgan fingerprint density at radius 3 is 2.42 bits per heavy atom. The molecule has 0 saturated heterocycles. The standard InChI is InChI=1S/C17H18N2O4S/c1-14(16-9-6-10-17(13-16)19(20)21)18(2)24(22,23)12-11-15-7-4-3-5-8-15/h3-14H,1-2H3/b12-11+. The Balaban J connectivity index is 2.23. The van der Waals surface area contributed by atoms with Crippen molar-refractivity contribution in [2.45, 2.75) is 13.0 Å². The highest BCUT2D eigenvalue weighted by atomic mass is 32.2. The molecular weight excluding hydrogens is 328 g/mol. The van der Waals surface area contributed by atoms with Crippen LogP contribution in [0.4, 0.5) is 5.69 Å². The molecule has 0 N–H and O–H groups in total. The SMILES string of the molecule is CC(c1cccc([N+](=O)[O-])c1)N(C)S(=O)(=O)/C=C/c1ccccc1. The highest BCUT2D eigenvalue weighted by molar-refractivity contribution is 7.92. The molecular formula is C17H18N2O4S. The second-order valence-electron chi connectivity index (χ2n) is 5.30. The van der Waals surface area contributed by atoms with Crippen LogP contribution in [0.1, 0.15) is 24.1 Å². The van der Waals surface area contributed by atoms with Gasteiger partial charge in [0.2, 0.25) is 10.0 Å². The molecule has 0 aliphatic heterocycles. The largest absolute Gasteiger partial charge is 0.269 e. The first-order chi connectivity index (χ1) is 11.3. The fourth-order valence-corrected chi connectivity index (χ4v) is 3.24. The Morgan fingerprint density at radius 1 is 1.12 bits per heavy atom. The molecule has 24 heavy (non-hydrogen) atoms. The number of nitrogens with zero attached hydrogens (tertiary/aromatic N) is 2. The Bertz CT molecular complexity index is 848. The van der Waals surface area contributed by atoms with Crippen LogP contribution in [0.2, 0.25) is 0 Å². The fourth-order valence-electron chi connectivity index (χ4n) is 2.15. The molecule has 0 spiro atoms. The summed E-state index contributed by atoms with van der Waals surface area (Å²) in [4.78, 5) is 10.4. The minimum absolute atomic E-state index is 0.0648. The van der Waals surface area contributed by atoms with Gasteiger partial charge in [-0.1, -0.05) is 42.5 Å². The summed E-state index contributed by atoms with van der Waals surface area (Å²) in [5, 5.41) is 12.0. The molecule has 0 radical (unpaired) electrons. The molecule has 2 aromatic rings. The fraction of sp³-hybridized carbons (Fsp3) is 0.176. The number of rotatable bonds is 6. The van der Waals surface area contributed by atoms with E-state index in [1.807, 2.05) is 18.2 Å². The maximum absolute atomic E-state index is 12.4. The molecule has 126 valence electrons. The zero-order valence-electron chi connectivity index (χ0n) is 13.4. The predicted octanol–water partition coefficient (Wildman–Crippen LogP) is 3.59. The third kappa shape index (κ3) is 4.27. The molecule has 0 saturated carbocycles. The van der Waals surface area contributed by atoms with E-state index in [-0.39, 0.29) is 5.69 Å². The summed E-state index contributed by atoms with van der Waals surface area (Å²) in [7, 11) is -2.20. The minimum atomic E-state index is -3.66. The van der Waals surface area contributed by atoms with Crippen LogP contribution < -0.4 is 0 Å². The van der Waals surface area contributed by atoms with Crippen molar-refractivity contribution in [1.29, 1.82) is 0 Å². The average Bonchev–Trinajstić information content (AvgIpc) is 2.59. The van der Waals surface area contributed by atoms with E-state index in [0.717, 1.165) is 11.0 Å². The Kier molecular flexibility index (Phi) is 5.48. The van der Waals surface area contributed by atoms with Crippen LogP contribution in [0, 0.1) is 10.1 Å². The lowest BCUT2D eigenvalue weighted by Gasteiger charge is -2.23. The van der Waals surface area contributed by atoms with Crippen molar-refractivity contribution >= 4 is 21.8 Å². The second-order valence-corrected chi connectivity index (χ2v) is 7.18. The van der Waals surface area contributed by atoms with Gasteiger partial charge in [-0.3, -0.25) is 10.1 Å². The summed E-state index contributed by atoms with van der Waals surface area (Å²) >= 11 is 0. The molecule has 0 heterocycles. The van der Waals surface area contributed by atoms with E-state index in [4.69, 9.17) is 0 Å². The third-order valence-electron chi connectivity index (χ3n) is 3.74. The number of nitro groups is 1. The summed E-state index contributed by atoms with van der Waals surface area (Å²) in [6, 6.07) is 14.5. The molecule has 0 fully saturated rings. The van der Waals surface area contributed by atoms with Gasteiger partial charge in [-0.05, 0) is 24.1 Å². The topological polar surface area (TPSA) is 80.5 Å². The quantitative estimate of drug-likeness (QED) is 0.591. The van der Waals surface area contributed by atoms with E-state index in [1.54, 1.807) is 31.2 Å². The molecule has 6 nitrogen and oxygen atoms in total. The maximum atomic E-state index is 12.4. The molecule has 1 atom stereocenters. The second kappa shape index (κ2) is 7.37. The summed E-state index contributed by atoms with van der Waals surface area (Å²) in [5.74, 6) is 0. The molecule has 0 bridgehead atoms. The minimum Gasteiger partial charge on any atom is -0.258 e. The van der Waals surface area contributed by atoms with Gasteiger partial charge in [-0.25, -0.2) is 8.42 Å². The van der Waals surface area contributed by atoms with Crippen LogP contribution in [-0.4, -0.2) is 24.7 Å². The first kappa shape index (κ1) is 17.8. The molecule has 0 aliphatic carbocycles. The number of non-ortho nitro benzene ring substituents is 1. The summed E-state index contributed by atoms with van der Waals surface area (Å²) in [6.07, 6.45) is 1.52. The van der Waals surface area contributed by atoms with Crippen LogP contribution >= 0.6 is 0 Å². The van der Waals surface area contributed by atoms with E-state index in [2.05, 4.69) is 0 Å². The van der Waals surface area contributed by atoms with E-state index in [1.165, 1.54) is 29.6 Å². The molecule has 0 aliphatic rings.